The van der Waals surface area contributed by atoms with E-state index < -0.39 is 0 Å². The third-order valence-electron chi connectivity index (χ3n) is 6.75. The Morgan fingerprint density at radius 2 is 2.07 bits per heavy atom. The molecule has 4 atom stereocenters. The van der Waals surface area contributed by atoms with Crippen molar-refractivity contribution in [3.63, 3.8) is 0 Å². The van der Waals surface area contributed by atoms with Gasteiger partial charge in [0, 0.05) is 56.9 Å². The molecule has 1 aromatic carbocycles. The summed E-state index contributed by atoms with van der Waals surface area (Å²) in [5.41, 5.74) is 3.91. The molecule has 2 aliphatic rings. The van der Waals surface area contributed by atoms with Crippen LogP contribution in [0.1, 0.15) is 30.9 Å². The van der Waals surface area contributed by atoms with Crippen molar-refractivity contribution in [1.29, 1.82) is 0 Å². The van der Waals surface area contributed by atoms with Gasteiger partial charge in [-0.05, 0) is 38.3 Å². The van der Waals surface area contributed by atoms with E-state index in [4.69, 9.17) is 0 Å². The van der Waals surface area contributed by atoms with E-state index >= 15 is 0 Å². The van der Waals surface area contributed by atoms with Gasteiger partial charge in [0.15, 0.2) is 0 Å². The number of aliphatic hydroxyl groups excluding tert-OH is 1. The molecule has 0 amide bonds. The Bertz CT molecular complexity index is 857. The summed E-state index contributed by atoms with van der Waals surface area (Å²) in [7, 11) is 4.14. The molecule has 1 aromatic heterocycles. The van der Waals surface area contributed by atoms with Gasteiger partial charge in [0.2, 0.25) is 0 Å². The largest absolute Gasteiger partial charge is 0.391 e. The number of likely N-dealkylation sites (tertiary alicyclic amines) is 1. The molecule has 1 aliphatic heterocycles. The van der Waals surface area contributed by atoms with Crippen LogP contribution in [-0.2, 0) is 13.6 Å². The van der Waals surface area contributed by atoms with Gasteiger partial charge in [0.05, 0.1) is 12.3 Å². The molecule has 5 nitrogen and oxygen atoms in total. The molecule has 1 N–H and O–H groups in total. The highest BCUT2D eigenvalue weighted by Gasteiger charge is 2.70. The summed E-state index contributed by atoms with van der Waals surface area (Å²) in [5, 5.41) is 15.5. The minimum atomic E-state index is -0.268. The zero-order valence-electron chi connectivity index (χ0n) is 18.1. The molecule has 1 saturated heterocycles. The lowest BCUT2D eigenvalue weighted by molar-refractivity contribution is 0.116. The second-order valence-corrected chi connectivity index (χ2v) is 9.32. The van der Waals surface area contributed by atoms with Gasteiger partial charge in [-0.25, -0.2) is 0 Å². The van der Waals surface area contributed by atoms with Crippen LogP contribution in [0.25, 0.3) is 0 Å². The van der Waals surface area contributed by atoms with E-state index in [-0.39, 0.29) is 11.5 Å². The maximum Gasteiger partial charge on any atom is 0.0744 e. The summed E-state index contributed by atoms with van der Waals surface area (Å²) >= 11 is 0. The van der Waals surface area contributed by atoms with Crippen molar-refractivity contribution < 1.29 is 5.11 Å². The average molecular weight is 395 g/mol. The van der Waals surface area contributed by atoms with Gasteiger partial charge >= 0.3 is 0 Å². The van der Waals surface area contributed by atoms with Crippen molar-refractivity contribution in [2.45, 2.75) is 32.4 Å². The summed E-state index contributed by atoms with van der Waals surface area (Å²) in [5.74, 6) is 0.894. The Balaban J connectivity index is 1.51. The molecule has 0 radical (unpaired) electrons. The average Bonchev–Trinajstić information content (AvgIpc) is 2.92. The van der Waals surface area contributed by atoms with Crippen molar-refractivity contribution in [3.8, 4) is 0 Å². The molecule has 1 saturated carbocycles. The van der Waals surface area contributed by atoms with E-state index in [1.807, 2.05) is 17.9 Å². The number of rotatable bonds is 7. The number of aliphatic hydroxyl groups is 1. The molecule has 156 valence electrons. The number of β-amino-alcohol motifs (C(OH)–C–C–N with tert-alkyl or cyclic N) is 1. The van der Waals surface area contributed by atoms with Gasteiger partial charge < -0.3 is 10.0 Å². The van der Waals surface area contributed by atoms with Crippen molar-refractivity contribution in [1.82, 2.24) is 19.6 Å². The van der Waals surface area contributed by atoms with Crippen LogP contribution in [0, 0.1) is 11.3 Å². The van der Waals surface area contributed by atoms with Gasteiger partial charge in [0.25, 0.3) is 0 Å². The van der Waals surface area contributed by atoms with Crippen LogP contribution in [0.5, 0.6) is 0 Å². The summed E-state index contributed by atoms with van der Waals surface area (Å²) in [6, 6.07) is 10.8. The normalized spacial score (nSPS) is 29.0. The van der Waals surface area contributed by atoms with Gasteiger partial charge in [-0.3, -0.25) is 9.58 Å². The molecule has 2 aromatic rings. The lowest BCUT2D eigenvalue weighted by Crippen LogP contribution is -2.27. The molecule has 0 bridgehead atoms. The van der Waals surface area contributed by atoms with E-state index in [0.29, 0.717) is 11.8 Å². The van der Waals surface area contributed by atoms with E-state index in [1.165, 1.54) is 16.7 Å². The Kier molecular flexibility index (Phi) is 5.65. The molecule has 4 rings (SSSR count). The molecular weight excluding hydrogens is 360 g/mol. The zero-order chi connectivity index (χ0) is 20.6. The molecule has 1 spiro atoms. The Morgan fingerprint density at radius 3 is 2.72 bits per heavy atom. The van der Waals surface area contributed by atoms with Crippen LogP contribution in [0.15, 0.2) is 54.4 Å². The molecule has 2 fully saturated rings. The summed E-state index contributed by atoms with van der Waals surface area (Å²) in [6.45, 7) is 8.84. The van der Waals surface area contributed by atoms with E-state index in [9.17, 15) is 5.11 Å². The zero-order valence-corrected chi connectivity index (χ0v) is 18.1. The first-order valence-corrected chi connectivity index (χ1v) is 10.6. The van der Waals surface area contributed by atoms with E-state index in [0.717, 1.165) is 32.7 Å². The van der Waals surface area contributed by atoms with Crippen molar-refractivity contribution in [2.75, 3.05) is 33.2 Å². The fraction of sp³-hybridized carbons (Fsp3) is 0.542. The minimum absolute atomic E-state index is 0.0277. The van der Waals surface area contributed by atoms with E-state index in [1.54, 1.807) is 0 Å². The van der Waals surface area contributed by atoms with Crippen LogP contribution in [0.4, 0.5) is 0 Å². The molecule has 29 heavy (non-hydrogen) atoms. The topological polar surface area (TPSA) is 44.5 Å². The Labute approximate surface area is 174 Å². The van der Waals surface area contributed by atoms with Crippen molar-refractivity contribution in [2.24, 2.45) is 18.4 Å². The molecular formula is C24H34N4O. The van der Waals surface area contributed by atoms with Crippen LogP contribution in [-0.4, -0.2) is 64.0 Å². The lowest BCUT2D eigenvalue weighted by Gasteiger charge is -2.19. The highest BCUT2D eigenvalue weighted by atomic mass is 16.3. The number of allylic oxidation sites excluding steroid dienone is 1. The first-order valence-electron chi connectivity index (χ1n) is 10.6. The molecule has 5 heteroatoms. The highest BCUT2D eigenvalue weighted by molar-refractivity contribution is 5.37. The first kappa shape index (κ1) is 20.3. The second kappa shape index (κ2) is 8.05. The number of nitrogens with zero attached hydrogens (tertiary/aromatic N) is 4. The van der Waals surface area contributed by atoms with Gasteiger partial charge in [0.1, 0.15) is 0 Å². The van der Waals surface area contributed by atoms with E-state index in [2.05, 4.69) is 78.4 Å². The maximum absolute atomic E-state index is 11.2. The summed E-state index contributed by atoms with van der Waals surface area (Å²) < 4.78 is 1.86. The lowest BCUT2D eigenvalue weighted by atomic mass is 9.95. The van der Waals surface area contributed by atoms with Crippen molar-refractivity contribution >= 4 is 0 Å². The van der Waals surface area contributed by atoms with Gasteiger partial charge in [-0.1, -0.05) is 42.0 Å². The number of hydrogen-bond acceptors (Lipinski definition) is 4. The third-order valence-corrected chi connectivity index (χ3v) is 6.75. The molecule has 2 heterocycles. The van der Waals surface area contributed by atoms with Crippen LogP contribution in [0.3, 0.4) is 0 Å². The molecule has 1 aliphatic carbocycles. The Morgan fingerprint density at radius 1 is 1.31 bits per heavy atom. The number of hydrogen-bond donors (Lipinski definition) is 1. The van der Waals surface area contributed by atoms with Crippen LogP contribution < -0.4 is 0 Å². The summed E-state index contributed by atoms with van der Waals surface area (Å²) in [4.78, 5) is 4.81. The number of aryl methyl sites for hydroxylation is 1. The highest BCUT2D eigenvalue weighted by Crippen LogP contribution is 2.69. The summed E-state index contributed by atoms with van der Waals surface area (Å²) in [6.07, 6.45) is 6.03. The van der Waals surface area contributed by atoms with Crippen LogP contribution >= 0.6 is 0 Å². The van der Waals surface area contributed by atoms with Gasteiger partial charge in [-0.2, -0.15) is 5.10 Å². The predicted octanol–water partition coefficient (Wildman–Crippen LogP) is 2.89. The predicted molar refractivity (Wildman–Crippen MR) is 117 cm³/mol. The fourth-order valence-electron chi connectivity index (χ4n) is 5.38. The Hall–Kier alpha value is -1.95. The van der Waals surface area contributed by atoms with Crippen LogP contribution in [0.2, 0.25) is 0 Å². The quantitative estimate of drug-likeness (QED) is 0.734. The SMILES string of the molecule is CC(C)=CCN1C[C@H](O)[C@@]2(C1)[C@H](CN(C)Cc1cnn(C)c1)[C@H]2c1ccccc1. The third kappa shape index (κ3) is 4.04. The van der Waals surface area contributed by atoms with Crippen molar-refractivity contribution in [3.05, 3.63) is 65.5 Å². The molecule has 0 unspecified atom stereocenters. The monoisotopic (exact) mass is 394 g/mol. The number of aromatic nitrogens is 2. The minimum Gasteiger partial charge on any atom is -0.391 e. The van der Waals surface area contributed by atoms with Gasteiger partial charge in [-0.15, -0.1) is 0 Å². The maximum atomic E-state index is 11.2. The number of benzene rings is 1. The fourth-order valence-corrected chi connectivity index (χ4v) is 5.38. The first-order chi connectivity index (χ1) is 13.9. The smallest absolute Gasteiger partial charge is 0.0744 e. The second-order valence-electron chi connectivity index (χ2n) is 9.32. The standard InChI is InChI=1S/C24H34N4O/c1-18(2)10-11-28-16-22(29)24(17-28)21(23(24)20-8-6-5-7-9-20)15-26(3)13-19-12-25-27(4)14-19/h5-10,12,14,21-23,29H,11,13,15-17H2,1-4H3/t21-,22+,23-,24-/m1/s1.